The molecule has 1 N–H and O–H groups in total. The number of methoxy groups -OCH3 is 1. The molecule has 2 heterocycles. The van der Waals surface area contributed by atoms with E-state index in [0.717, 1.165) is 32.1 Å². The van der Waals surface area contributed by atoms with Gasteiger partial charge in [0.1, 0.15) is 0 Å². The molecule has 2 fully saturated rings. The lowest BCUT2D eigenvalue weighted by molar-refractivity contribution is -0.166. The van der Waals surface area contributed by atoms with Crippen molar-refractivity contribution >= 4 is 18.4 Å². The summed E-state index contributed by atoms with van der Waals surface area (Å²) in [5, 5.41) is 3.38. The van der Waals surface area contributed by atoms with Crippen molar-refractivity contribution in [1.29, 1.82) is 0 Å². The first-order valence-electron chi connectivity index (χ1n) is 6.85. The molecule has 19 heavy (non-hydrogen) atoms. The topological polar surface area (TPSA) is 50.8 Å². The number of hydrogen-bond acceptors (Lipinski definition) is 5. The maximum absolute atomic E-state index is 11.6. The molecule has 2 rings (SSSR count). The minimum atomic E-state index is -0.416. The SMILES string of the molecule is COC(=O)[C@H]1CN(CC2CCNCC2)C[C@@H](C)O1.Cl. The number of esters is 1. The minimum Gasteiger partial charge on any atom is -0.467 e. The van der Waals surface area contributed by atoms with Crippen molar-refractivity contribution in [1.82, 2.24) is 10.2 Å². The molecule has 0 spiro atoms. The molecule has 2 saturated heterocycles. The third-order valence-corrected chi connectivity index (χ3v) is 3.78. The van der Waals surface area contributed by atoms with E-state index in [4.69, 9.17) is 9.47 Å². The van der Waals surface area contributed by atoms with Gasteiger partial charge in [0.05, 0.1) is 13.2 Å². The van der Waals surface area contributed by atoms with Crippen molar-refractivity contribution in [2.75, 3.05) is 39.8 Å². The average Bonchev–Trinajstić information content (AvgIpc) is 2.38. The fraction of sp³-hybridized carbons (Fsp3) is 0.923. The van der Waals surface area contributed by atoms with Gasteiger partial charge in [-0.2, -0.15) is 0 Å². The molecule has 0 bridgehead atoms. The second-order valence-electron chi connectivity index (χ2n) is 5.37. The lowest BCUT2D eigenvalue weighted by atomic mass is 9.97. The van der Waals surface area contributed by atoms with Gasteiger partial charge >= 0.3 is 5.97 Å². The third-order valence-electron chi connectivity index (χ3n) is 3.78. The zero-order chi connectivity index (χ0) is 13.0. The summed E-state index contributed by atoms with van der Waals surface area (Å²) < 4.78 is 10.4. The normalized spacial score (nSPS) is 29.6. The van der Waals surface area contributed by atoms with E-state index < -0.39 is 6.10 Å². The quantitative estimate of drug-likeness (QED) is 0.775. The Morgan fingerprint density at radius 1 is 1.37 bits per heavy atom. The lowest BCUT2D eigenvalue weighted by Crippen LogP contribution is -2.51. The van der Waals surface area contributed by atoms with Gasteiger partial charge in [-0.15, -0.1) is 12.4 Å². The number of ether oxygens (including phenoxy) is 2. The number of rotatable bonds is 3. The Morgan fingerprint density at radius 2 is 2.05 bits per heavy atom. The average molecular weight is 293 g/mol. The molecule has 0 amide bonds. The van der Waals surface area contributed by atoms with E-state index in [1.807, 2.05) is 6.92 Å². The van der Waals surface area contributed by atoms with Crippen LogP contribution in [0, 0.1) is 5.92 Å². The molecule has 2 aliphatic heterocycles. The van der Waals surface area contributed by atoms with E-state index in [1.54, 1.807) is 0 Å². The molecule has 112 valence electrons. The number of nitrogens with zero attached hydrogens (tertiary/aromatic N) is 1. The number of morpholine rings is 1. The van der Waals surface area contributed by atoms with Crippen LogP contribution in [0.2, 0.25) is 0 Å². The standard InChI is InChI=1S/C13H24N2O3.ClH/c1-10-7-15(8-11-3-5-14-6-4-11)9-12(18-10)13(16)17-2;/h10-12,14H,3-9H2,1-2H3;1H/t10-,12-;/m1./s1. The van der Waals surface area contributed by atoms with Crippen LogP contribution in [0.15, 0.2) is 0 Å². The van der Waals surface area contributed by atoms with E-state index in [-0.39, 0.29) is 24.5 Å². The predicted molar refractivity (Wildman–Crippen MR) is 75.6 cm³/mol. The summed E-state index contributed by atoms with van der Waals surface area (Å²) >= 11 is 0. The van der Waals surface area contributed by atoms with Crippen molar-refractivity contribution in [3.05, 3.63) is 0 Å². The van der Waals surface area contributed by atoms with Crippen molar-refractivity contribution < 1.29 is 14.3 Å². The molecule has 6 heteroatoms. The smallest absolute Gasteiger partial charge is 0.336 e. The molecule has 0 aromatic heterocycles. The second kappa shape index (κ2) is 8.04. The van der Waals surface area contributed by atoms with Crippen LogP contribution in [-0.4, -0.2) is 62.9 Å². The fourth-order valence-electron chi connectivity index (χ4n) is 2.88. The van der Waals surface area contributed by atoms with Crippen LogP contribution in [0.25, 0.3) is 0 Å². The van der Waals surface area contributed by atoms with Crippen molar-refractivity contribution in [2.24, 2.45) is 5.92 Å². The molecule has 0 aromatic carbocycles. The summed E-state index contributed by atoms with van der Waals surface area (Å²) in [6, 6.07) is 0. The largest absolute Gasteiger partial charge is 0.467 e. The molecule has 0 saturated carbocycles. The fourth-order valence-corrected chi connectivity index (χ4v) is 2.88. The van der Waals surface area contributed by atoms with E-state index in [1.165, 1.54) is 20.0 Å². The van der Waals surface area contributed by atoms with E-state index in [0.29, 0.717) is 6.54 Å². The number of nitrogens with one attached hydrogen (secondary N) is 1. The number of hydrogen-bond donors (Lipinski definition) is 1. The number of halogens is 1. The first-order valence-corrected chi connectivity index (χ1v) is 6.85. The van der Waals surface area contributed by atoms with Crippen LogP contribution in [0.5, 0.6) is 0 Å². The highest BCUT2D eigenvalue weighted by molar-refractivity contribution is 5.85. The van der Waals surface area contributed by atoms with Crippen LogP contribution in [-0.2, 0) is 14.3 Å². The number of carbonyl (C=O) groups is 1. The Labute approximate surface area is 121 Å². The monoisotopic (exact) mass is 292 g/mol. The summed E-state index contributed by atoms with van der Waals surface area (Å²) in [7, 11) is 1.42. The molecule has 5 nitrogen and oxygen atoms in total. The Kier molecular flexibility index (Phi) is 7.07. The second-order valence-corrected chi connectivity index (χ2v) is 5.37. The van der Waals surface area contributed by atoms with Gasteiger partial charge in [-0.25, -0.2) is 4.79 Å². The molecule has 2 atom stereocenters. The van der Waals surface area contributed by atoms with Gasteiger partial charge in [-0.05, 0) is 38.8 Å². The summed E-state index contributed by atoms with van der Waals surface area (Å²) in [5.74, 6) is 0.492. The van der Waals surface area contributed by atoms with Gasteiger partial charge < -0.3 is 14.8 Å². The van der Waals surface area contributed by atoms with Crippen LogP contribution < -0.4 is 5.32 Å². The van der Waals surface area contributed by atoms with Gasteiger partial charge in [0.2, 0.25) is 0 Å². The number of carbonyl (C=O) groups excluding carboxylic acids is 1. The molecular formula is C13H25ClN2O3. The van der Waals surface area contributed by atoms with Gasteiger partial charge in [0, 0.05) is 19.6 Å². The summed E-state index contributed by atoms with van der Waals surface area (Å²) in [6.45, 7) is 6.90. The number of piperidine rings is 1. The van der Waals surface area contributed by atoms with Gasteiger partial charge in [-0.3, -0.25) is 4.90 Å². The van der Waals surface area contributed by atoms with Crippen LogP contribution in [0.3, 0.4) is 0 Å². The van der Waals surface area contributed by atoms with Crippen molar-refractivity contribution in [3.63, 3.8) is 0 Å². The molecule has 2 aliphatic rings. The minimum absolute atomic E-state index is 0. The summed E-state index contributed by atoms with van der Waals surface area (Å²) in [6.07, 6.45) is 2.15. The molecule has 0 aromatic rings. The van der Waals surface area contributed by atoms with Gasteiger partial charge in [0.15, 0.2) is 6.10 Å². The predicted octanol–water partition coefficient (Wildman–Crippen LogP) is 0.670. The highest BCUT2D eigenvalue weighted by Gasteiger charge is 2.32. The van der Waals surface area contributed by atoms with Crippen molar-refractivity contribution in [3.8, 4) is 0 Å². The summed E-state index contributed by atoms with van der Waals surface area (Å²) in [5.41, 5.74) is 0. The Bertz CT molecular complexity index is 285. The third kappa shape index (κ3) is 4.91. The highest BCUT2D eigenvalue weighted by atomic mass is 35.5. The molecule has 0 aliphatic carbocycles. The molecule has 0 unspecified atom stereocenters. The van der Waals surface area contributed by atoms with Crippen molar-refractivity contribution in [2.45, 2.75) is 32.0 Å². The lowest BCUT2D eigenvalue weighted by Gasteiger charge is -2.38. The zero-order valence-electron chi connectivity index (χ0n) is 11.8. The van der Waals surface area contributed by atoms with E-state index >= 15 is 0 Å². The maximum Gasteiger partial charge on any atom is 0.336 e. The molecular weight excluding hydrogens is 268 g/mol. The Balaban J connectivity index is 0.00000180. The zero-order valence-corrected chi connectivity index (χ0v) is 12.6. The van der Waals surface area contributed by atoms with Crippen LogP contribution in [0.1, 0.15) is 19.8 Å². The van der Waals surface area contributed by atoms with E-state index in [2.05, 4.69) is 10.2 Å². The first kappa shape index (κ1) is 16.7. The Hall–Kier alpha value is -0.360. The summed E-state index contributed by atoms with van der Waals surface area (Å²) in [4.78, 5) is 13.9. The Morgan fingerprint density at radius 3 is 2.68 bits per heavy atom. The molecule has 0 radical (unpaired) electrons. The van der Waals surface area contributed by atoms with Crippen LogP contribution >= 0.6 is 12.4 Å². The van der Waals surface area contributed by atoms with Gasteiger partial charge in [0.25, 0.3) is 0 Å². The van der Waals surface area contributed by atoms with E-state index in [9.17, 15) is 4.79 Å². The van der Waals surface area contributed by atoms with Crippen LogP contribution in [0.4, 0.5) is 0 Å². The first-order chi connectivity index (χ1) is 8.69. The maximum atomic E-state index is 11.6. The van der Waals surface area contributed by atoms with Gasteiger partial charge in [-0.1, -0.05) is 0 Å². The highest BCUT2D eigenvalue weighted by Crippen LogP contribution is 2.18.